The van der Waals surface area contributed by atoms with Gasteiger partial charge in [-0.2, -0.15) is 0 Å². The SMILES string of the molecule is CC1=C(C(=O)[O-])N2C(=O)[C@@H](N)[C@H]2SC1.[Na+]. The maximum atomic E-state index is 11.3. The van der Waals surface area contributed by atoms with Crippen molar-refractivity contribution in [1.29, 1.82) is 0 Å². The zero-order chi connectivity index (χ0) is 10.5. The number of hydrogen-bond donors (Lipinski definition) is 1. The van der Waals surface area contributed by atoms with Crippen molar-refractivity contribution in [2.24, 2.45) is 5.73 Å². The Hall–Kier alpha value is -0.0100. The maximum absolute atomic E-state index is 11.3. The summed E-state index contributed by atoms with van der Waals surface area (Å²) < 4.78 is 0. The molecule has 0 aromatic heterocycles. The van der Waals surface area contributed by atoms with Gasteiger partial charge in [0.2, 0.25) is 5.91 Å². The molecule has 1 saturated heterocycles. The number of nitrogens with two attached hydrogens (primary N) is 1. The average Bonchev–Trinajstić information content (AvgIpc) is 2.15. The molecule has 0 radical (unpaired) electrons. The van der Waals surface area contributed by atoms with E-state index >= 15 is 0 Å². The van der Waals surface area contributed by atoms with Crippen LogP contribution in [0.4, 0.5) is 0 Å². The number of fused-ring (bicyclic) bond motifs is 1. The number of rotatable bonds is 1. The molecule has 1 fully saturated rings. The first-order valence-electron chi connectivity index (χ1n) is 4.15. The smallest absolute Gasteiger partial charge is 0.543 e. The summed E-state index contributed by atoms with van der Waals surface area (Å²) in [5.74, 6) is -1.04. The predicted molar refractivity (Wildman–Crippen MR) is 48.8 cm³/mol. The molecule has 0 spiro atoms. The second-order valence-electron chi connectivity index (χ2n) is 3.35. The Balaban J connectivity index is 0.00000112. The topological polar surface area (TPSA) is 86.5 Å². The van der Waals surface area contributed by atoms with Gasteiger partial charge in [0.25, 0.3) is 0 Å². The Bertz CT molecular complexity index is 358. The summed E-state index contributed by atoms with van der Waals surface area (Å²) >= 11 is 1.49. The van der Waals surface area contributed by atoms with Crippen molar-refractivity contribution in [3.8, 4) is 0 Å². The summed E-state index contributed by atoms with van der Waals surface area (Å²) in [7, 11) is 0. The zero-order valence-corrected chi connectivity index (χ0v) is 11.3. The van der Waals surface area contributed by atoms with Crippen molar-refractivity contribution >= 4 is 23.6 Å². The largest absolute Gasteiger partial charge is 1.00 e. The molecular formula is C8H9N2NaO3S. The summed E-state index contributed by atoms with van der Waals surface area (Å²) in [5, 5.41) is 10.6. The molecule has 5 nitrogen and oxygen atoms in total. The van der Waals surface area contributed by atoms with Crippen LogP contribution < -0.4 is 40.4 Å². The molecule has 2 N–H and O–H groups in total. The van der Waals surface area contributed by atoms with E-state index in [1.807, 2.05) is 0 Å². The number of carboxylic acid groups (broad SMARTS) is 1. The van der Waals surface area contributed by atoms with Crippen LogP contribution in [0.15, 0.2) is 11.3 Å². The standard InChI is InChI=1S/C8H10N2O3S.Na/c1-3-2-14-7-4(9)6(11)10(7)5(3)8(12)13;/h4,7H,2,9H2,1H3,(H,12,13);/q;+1/p-1/t4-,7-;/m1./s1. The molecule has 0 aromatic rings. The molecule has 0 bridgehead atoms. The summed E-state index contributed by atoms with van der Waals surface area (Å²) in [6, 6.07) is -0.567. The molecule has 2 aliphatic rings. The summed E-state index contributed by atoms with van der Waals surface area (Å²) in [5.41, 5.74) is 6.20. The first-order chi connectivity index (χ1) is 6.54. The third kappa shape index (κ3) is 1.85. The van der Waals surface area contributed by atoms with Crippen LogP contribution in [0.1, 0.15) is 6.92 Å². The first-order valence-corrected chi connectivity index (χ1v) is 5.20. The Morgan fingerprint density at radius 3 is 2.80 bits per heavy atom. The second kappa shape index (κ2) is 4.47. The summed E-state index contributed by atoms with van der Waals surface area (Å²) in [4.78, 5) is 23.3. The molecular weight excluding hydrogens is 227 g/mol. The van der Waals surface area contributed by atoms with E-state index < -0.39 is 12.0 Å². The minimum absolute atomic E-state index is 0. The van der Waals surface area contributed by atoms with Crippen LogP contribution in [0, 0.1) is 0 Å². The van der Waals surface area contributed by atoms with Gasteiger partial charge in [0.1, 0.15) is 11.4 Å². The van der Waals surface area contributed by atoms with E-state index in [1.54, 1.807) is 6.92 Å². The molecule has 1 amide bonds. The second-order valence-corrected chi connectivity index (χ2v) is 4.46. The molecule has 0 unspecified atom stereocenters. The van der Waals surface area contributed by atoms with Crippen LogP contribution in [0.2, 0.25) is 0 Å². The Labute approximate surface area is 113 Å². The van der Waals surface area contributed by atoms with E-state index in [4.69, 9.17) is 5.73 Å². The molecule has 2 rings (SSSR count). The first kappa shape index (κ1) is 13.1. The Kier molecular flexibility index (Phi) is 3.89. The van der Waals surface area contributed by atoms with E-state index in [9.17, 15) is 14.7 Å². The van der Waals surface area contributed by atoms with E-state index in [0.29, 0.717) is 11.3 Å². The van der Waals surface area contributed by atoms with E-state index in [2.05, 4.69) is 0 Å². The predicted octanol–water partition coefficient (Wildman–Crippen LogP) is -4.74. The Morgan fingerprint density at radius 1 is 1.67 bits per heavy atom. The van der Waals surface area contributed by atoms with Crippen LogP contribution in [-0.2, 0) is 9.59 Å². The van der Waals surface area contributed by atoms with E-state index in [1.165, 1.54) is 16.7 Å². The quantitative estimate of drug-likeness (QED) is 0.365. The molecule has 15 heavy (non-hydrogen) atoms. The van der Waals surface area contributed by atoms with Crippen molar-refractivity contribution in [3.05, 3.63) is 11.3 Å². The normalized spacial score (nSPS) is 29.2. The Morgan fingerprint density at radius 2 is 2.27 bits per heavy atom. The number of aliphatic carboxylic acids is 1. The van der Waals surface area contributed by atoms with Gasteiger partial charge < -0.3 is 15.6 Å². The van der Waals surface area contributed by atoms with Crippen LogP contribution in [-0.4, -0.2) is 33.9 Å². The van der Waals surface area contributed by atoms with Crippen molar-refractivity contribution in [2.75, 3.05) is 5.75 Å². The van der Waals surface area contributed by atoms with Crippen LogP contribution >= 0.6 is 11.8 Å². The number of β-lactam (4-membered cyclic amide) rings is 1. The van der Waals surface area contributed by atoms with Gasteiger partial charge in [0.15, 0.2) is 0 Å². The van der Waals surface area contributed by atoms with Gasteiger partial charge in [-0.3, -0.25) is 9.69 Å². The van der Waals surface area contributed by atoms with Gasteiger partial charge in [0.05, 0.1) is 11.7 Å². The fourth-order valence-electron chi connectivity index (χ4n) is 1.66. The molecule has 0 aliphatic carbocycles. The molecule has 2 heterocycles. The van der Waals surface area contributed by atoms with Crippen LogP contribution in [0.25, 0.3) is 0 Å². The zero-order valence-electron chi connectivity index (χ0n) is 8.52. The maximum Gasteiger partial charge on any atom is 1.00 e. The van der Waals surface area contributed by atoms with Gasteiger partial charge >= 0.3 is 29.6 Å². The van der Waals surface area contributed by atoms with Crippen molar-refractivity contribution < 1.29 is 44.3 Å². The van der Waals surface area contributed by atoms with Gasteiger partial charge in [-0.25, -0.2) is 0 Å². The monoisotopic (exact) mass is 236 g/mol. The third-order valence-electron chi connectivity index (χ3n) is 2.39. The molecule has 0 saturated carbocycles. The number of nitrogens with zero attached hydrogens (tertiary/aromatic N) is 1. The van der Waals surface area contributed by atoms with Gasteiger partial charge in [0, 0.05) is 5.75 Å². The van der Waals surface area contributed by atoms with Gasteiger partial charge in [-0.1, -0.05) is 0 Å². The molecule has 2 atom stereocenters. The number of carbonyl (C=O) groups is 2. The number of carboxylic acids is 1. The van der Waals surface area contributed by atoms with Crippen molar-refractivity contribution in [2.45, 2.75) is 18.3 Å². The molecule has 0 aromatic carbocycles. The van der Waals surface area contributed by atoms with Crippen LogP contribution in [0.5, 0.6) is 0 Å². The number of thioether (sulfide) groups is 1. The molecule has 76 valence electrons. The van der Waals surface area contributed by atoms with Crippen molar-refractivity contribution in [3.63, 3.8) is 0 Å². The van der Waals surface area contributed by atoms with E-state index in [-0.39, 0.29) is 46.5 Å². The van der Waals surface area contributed by atoms with Crippen molar-refractivity contribution in [1.82, 2.24) is 4.90 Å². The summed E-state index contributed by atoms with van der Waals surface area (Å²) in [6.45, 7) is 1.69. The minimum Gasteiger partial charge on any atom is -0.543 e. The molecule has 7 heteroatoms. The van der Waals surface area contributed by atoms with E-state index in [0.717, 1.165) is 0 Å². The number of amides is 1. The molecule has 2 aliphatic heterocycles. The third-order valence-corrected chi connectivity index (χ3v) is 3.84. The fraction of sp³-hybridized carbons (Fsp3) is 0.500. The van der Waals surface area contributed by atoms with Gasteiger partial charge in [-0.15, -0.1) is 11.8 Å². The fourth-order valence-corrected chi connectivity index (χ4v) is 2.90. The number of hydrogen-bond acceptors (Lipinski definition) is 5. The minimum atomic E-state index is -1.30. The van der Waals surface area contributed by atoms with Gasteiger partial charge in [-0.05, 0) is 12.5 Å². The van der Waals surface area contributed by atoms with Crippen LogP contribution in [0.3, 0.4) is 0 Å². The number of carbonyl (C=O) groups excluding carboxylic acids is 2. The average molecular weight is 236 g/mol. The summed E-state index contributed by atoms with van der Waals surface area (Å²) in [6.07, 6.45) is 0.